The Labute approximate surface area is 105 Å². The third kappa shape index (κ3) is 5.85. The maximum Gasteiger partial charge on any atom is 0.0670 e. The predicted molar refractivity (Wildman–Crippen MR) is 73.2 cm³/mol. The Morgan fingerprint density at radius 2 is 1.71 bits per heavy atom. The summed E-state index contributed by atoms with van der Waals surface area (Å²) in [6.07, 6.45) is 0.554. The van der Waals surface area contributed by atoms with Crippen LogP contribution in [-0.2, 0) is 0 Å². The molecule has 0 aliphatic carbocycles. The summed E-state index contributed by atoms with van der Waals surface area (Å²) in [5.74, 6) is 1.04. The molecule has 0 aromatic heterocycles. The van der Waals surface area contributed by atoms with Gasteiger partial charge in [-0.3, -0.25) is 0 Å². The molecule has 1 aromatic carbocycles. The van der Waals surface area contributed by atoms with Crippen molar-refractivity contribution in [1.29, 1.82) is 0 Å². The Hall–Kier alpha value is -0.860. The number of nitrogens with one attached hydrogen (secondary N) is 1. The van der Waals surface area contributed by atoms with Crippen molar-refractivity contribution in [3.63, 3.8) is 0 Å². The third-order valence-electron chi connectivity index (χ3n) is 2.93. The Morgan fingerprint density at radius 3 is 2.29 bits per heavy atom. The smallest absolute Gasteiger partial charge is 0.0670 e. The van der Waals surface area contributed by atoms with Crippen LogP contribution in [0.4, 0.5) is 0 Å². The first-order chi connectivity index (χ1) is 8.09. The molecule has 0 heterocycles. The summed E-state index contributed by atoms with van der Waals surface area (Å²) < 4.78 is 0. The van der Waals surface area contributed by atoms with E-state index in [1.807, 2.05) is 6.07 Å². The van der Waals surface area contributed by atoms with E-state index in [-0.39, 0.29) is 6.10 Å². The van der Waals surface area contributed by atoms with Gasteiger partial charge in [-0.1, -0.05) is 51.1 Å². The molecule has 2 atom stereocenters. The van der Waals surface area contributed by atoms with Gasteiger partial charge in [0, 0.05) is 6.54 Å². The summed E-state index contributed by atoms with van der Waals surface area (Å²) in [7, 11) is 0. The molecule has 0 radical (unpaired) electrons. The molecule has 0 fully saturated rings. The van der Waals surface area contributed by atoms with Crippen LogP contribution in [0.15, 0.2) is 30.3 Å². The standard InChI is InChI=1S/C15H25NO/c1-12(2)10-16-11-15(17)9-13(3)14-7-5-4-6-8-14/h4-8,12-13,15-17H,9-11H2,1-3H3. The number of hydrogen-bond donors (Lipinski definition) is 2. The second-order valence-electron chi connectivity index (χ2n) is 5.25. The Balaban J connectivity index is 2.28. The molecule has 0 aliphatic rings. The first kappa shape index (κ1) is 14.2. The van der Waals surface area contributed by atoms with E-state index in [1.54, 1.807) is 0 Å². The molecule has 0 bridgehead atoms. The lowest BCUT2D eigenvalue weighted by molar-refractivity contribution is 0.153. The van der Waals surface area contributed by atoms with Crippen molar-refractivity contribution in [1.82, 2.24) is 5.32 Å². The van der Waals surface area contributed by atoms with Crippen LogP contribution in [0.3, 0.4) is 0 Å². The van der Waals surface area contributed by atoms with Crippen LogP contribution < -0.4 is 5.32 Å². The van der Waals surface area contributed by atoms with E-state index in [9.17, 15) is 5.11 Å². The molecule has 2 heteroatoms. The van der Waals surface area contributed by atoms with Crippen molar-refractivity contribution in [2.24, 2.45) is 5.92 Å². The lowest BCUT2D eigenvalue weighted by Crippen LogP contribution is -2.30. The number of hydrogen-bond acceptors (Lipinski definition) is 2. The minimum Gasteiger partial charge on any atom is -0.392 e. The van der Waals surface area contributed by atoms with Gasteiger partial charge in [0.2, 0.25) is 0 Å². The SMILES string of the molecule is CC(C)CNCC(O)CC(C)c1ccccc1. The van der Waals surface area contributed by atoms with Gasteiger partial charge in [-0.25, -0.2) is 0 Å². The molecule has 96 valence electrons. The maximum absolute atomic E-state index is 9.93. The maximum atomic E-state index is 9.93. The van der Waals surface area contributed by atoms with Gasteiger partial charge in [-0.15, -0.1) is 0 Å². The van der Waals surface area contributed by atoms with E-state index in [1.165, 1.54) is 5.56 Å². The first-order valence-electron chi connectivity index (χ1n) is 6.53. The van der Waals surface area contributed by atoms with E-state index in [0.717, 1.165) is 13.0 Å². The summed E-state index contributed by atoms with van der Waals surface area (Å²) in [6, 6.07) is 10.4. The molecule has 2 nitrogen and oxygen atoms in total. The minimum atomic E-state index is -0.260. The summed E-state index contributed by atoms with van der Waals surface area (Å²) >= 11 is 0. The summed E-state index contributed by atoms with van der Waals surface area (Å²) in [5, 5.41) is 13.2. The van der Waals surface area contributed by atoms with Crippen LogP contribution in [0.2, 0.25) is 0 Å². The van der Waals surface area contributed by atoms with Crippen molar-refractivity contribution >= 4 is 0 Å². The van der Waals surface area contributed by atoms with Gasteiger partial charge >= 0.3 is 0 Å². The predicted octanol–water partition coefficient (Wildman–Crippen LogP) is 2.79. The molecule has 0 saturated carbocycles. The average molecular weight is 235 g/mol. The third-order valence-corrected chi connectivity index (χ3v) is 2.93. The fourth-order valence-electron chi connectivity index (χ4n) is 1.95. The van der Waals surface area contributed by atoms with Gasteiger partial charge in [0.1, 0.15) is 0 Å². The van der Waals surface area contributed by atoms with Crippen LogP contribution >= 0.6 is 0 Å². The molecule has 0 spiro atoms. The van der Waals surface area contributed by atoms with Gasteiger partial charge in [0.05, 0.1) is 6.10 Å². The highest BCUT2D eigenvalue weighted by Gasteiger charge is 2.11. The van der Waals surface area contributed by atoms with Crippen molar-refractivity contribution in [2.45, 2.75) is 39.2 Å². The molecule has 2 N–H and O–H groups in total. The van der Waals surface area contributed by atoms with Crippen molar-refractivity contribution in [2.75, 3.05) is 13.1 Å². The Kier molecular flexibility index (Phi) is 6.23. The molecule has 1 aromatic rings. The number of benzene rings is 1. The highest BCUT2D eigenvalue weighted by atomic mass is 16.3. The molecular formula is C15H25NO. The molecule has 17 heavy (non-hydrogen) atoms. The van der Waals surface area contributed by atoms with Gasteiger partial charge in [0.25, 0.3) is 0 Å². The van der Waals surface area contributed by atoms with Gasteiger partial charge in [-0.2, -0.15) is 0 Å². The zero-order chi connectivity index (χ0) is 12.7. The van der Waals surface area contributed by atoms with Crippen LogP contribution in [0.25, 0.3) is 0 Å². The Bertz CT molecular complexity index is 297. The molecule has 2 unspecified atom stereocenters. The van der Waals surface area contributed by atoms with Gasteiger partial charge in [0.15, 0.2) is 0 Å². The summed E-state index contributed by atoms with van der Waals surface area (Å²) in [5.41, 5.74) is 1.30. The van der Waals surface area contributed by atoms with Gasteiger partial charge in [-0.05, 0) is 30.4 Å². The first-order valence-corrected chi connectivity index (χ1v) is 6.53. The molecule has 0 aliphatic heterocycles. The highest BCUT2D eigenvalue weighted by Crippen LogP contribution is 2.19. The molecular weight excluding hydrogens is 210 g/mol. The highest BCUT2D eigenvalue weighted by molar-refractivity contribution is 5.18. The van der Waals surface area contributed by atoms with Crippen LogP contribution in [-0.4, -0.2) is 24.3 Å². The molecule has 0 saturated heterocycles. The molecule has 0 amide bonds. The summed E-state index contributed by atoms with van der Waals surface area (Å²) in [6.45, 7) is 8.17. The van der Waals surface area contributed by atoms with E-state index < -0.39 is 0 Å². The van der Waals surface area contributed by atoms with Gasteiger partial charge < -0.3 is 10.4 Å². The normalized spacial score (nSPS) is 14.9. The Morgan fingerprint density at radius 1 is 1.06 bits per heavy atom. The minimum absolute atomic E-state index is 0.260. The molecule has 1 rings (SSSR count). The fraction of sp³-hybridized carbons (Fsp3) is 0.600. The summed E-state index contributed by atoms with van der Waals surface area (Å²) in [4.78, 5) is 0. The van der Waals surface area contributed by atoms with E-state index in [0.29, 0.717) is 18.4 Å². The number of aliphatic hydroxyl groups is 1. The lowest BCUT2D eigenvalue weighted by Gasteiger charge is -2.18. The van der Waals surface area contributed by atoms with Crippen molar-refractivity contribution in [3.8, 4) is 0 Å². The monoisotopic (exact) mass is 235 g/mol. The van der Waals surface area contributed by atoms with E-state index in [2.05, 4.69) is 50.4 Å². The van der Waals surface area contributed by atoms with Crippen LogP contribution in [0.1, 0.15) is 38.7 Å². The zero-order valence-corrected chi connectivity index (χ0v) is 11.2. The lowest BCUT2D eigenvalue weighted by atomic mass is 9.95. The van der Waals surface area contributed by atoms with E-state index in [4.69, 9.17) is 0 Å². The average Bonchev–Trinajstić information content (AvgIpc) is 2.29. The fourth-order valence-corrected chi connectivity index (χ4v) is 1.95. The second-order valence-corrected chi connectivity index (χ2v) is 5.25. The zero-order valence-electron chi connectivity index (χ0n) is 11.2. The number of rotatable bonds is 7. The second kappa shape index (κ2) is 7.46. The topological polar surface area (TPSA) is 32.3 Å². The number of aliphatic hydroxyl groups excluding tert-OH is 1. The quantitative estimate of drug-likeness (QED) is 0.761. The van der Waals surface area contributed by atoms with Crippen LogP contribution in [0, 0.1) is 5.92 Å². The largest absolute Gasteiger partial charge is 0.392 e. The van der Waals surface area contributed by atoms with Crippen LogP contribution in [0.5, 0.6) is 0 Å². The van der Waals surface area contributed by atoms with E-state index >= 15 is 0 Å². The van der Waals surface area contributed by atoms with Crippen molar-refractivity contribution in [3.05, 3.63) is 35.9 Å². The van der Waals surface area contributed by atoms with Crippen molar-refractivity contribution < 1.29 is 5.11 Å².